The quantitative estimate of drug-likeness (QED) is 0.299. The Bertz CT molecular complexity index is 650. The van der Waals surface area contributed by atoms with E-state index in [1.54, 1.807) is 6.92 Å². The zero-order valence-electron chi connectivity index (χ0n) is 10.3. The SMILES string of the molecule is CCN1C(=O)/C(=C/c2ccc([N+](=O)[O-])s2)C(=O)NC1=S. The van der Waals surface area contributed by atoms with Crippen molar-refractivity contribution in [1.82, 2.24) is 10.2 Å². The molecule has 20 heavy (non-hydrogen) atoms. The van der Waals surface area contributed by atoms with Crippen LogP contribution >= 0.6 is 23.6 Å². The Balaban J connectivity index is 2.36. The number of nitrogens with zero attached hydrogens (tertiary/aromatic N) is 2. The van der Waals surface area contributed by atoms with Gasteiger partial charge >= 0.3 is 5.00 Å². The minimum Gasteiger partial charge on any atom is -0.298 e. The fourth-order valence-electron chi connectivity index (χ4n) is 1.64. The molecule has 2 heterocycles. The van der Waals surface area contributed by atoms with Gasteiger partial charge in [-0.15, -0.1) is 0 Å². The number of nitro groups is 1. The number of carbonyl (C=O) groups excluding carboxylic acids is 2. The van der Waals surface area contributed by atoms with Crippen molar-refractivity contribution in [3.63, 3.8) is 0 Å². The van der Waals surface area contributed by atoms with E-state index in [4.69, 9.17) is 12.2 Å². The third-order valence-electron chi connectivity index (χ3n) is 2.58. The van der Waals surface area contributed by atoms with Crippen LogP contribution in [0.25, 0.3) is 6.08 Å². The fourth-order valence-corrected chi connectivity index (χ4v) is 2.71. The zero-order valence-corrected chi connectivity index (χ0v) is 11.9. The molecule has 1 fully saturated rings. The van der Waals surface area contributed by atoms with Gasteiger partial charge in [-0.3, -0.25) is 29.9 Å². The van der Waals surface area contributed by atoms with Crippen LogP contribution in [0.4, 0.5) is 5.00 Å². The second kappa shape index (κ2) is 5.47. The molecule has 0 unspecified atom stereocenters. The van der Waals surface area contributed by atoms with Crippen LogP contribution in [-0.2, 0) is 9.59 Å². The highest BCUT2D eigenvalue weighted by Gasteiger charge is 2.32. The Hall–Kier alpha value is -2.13. The molecule has 0 radical (unpaired) electrons. The number of amides is 2. The maximum Gasteiger partial charge on any atom is 0.324 e. The van der Waals surface area contributed by atoms with Crippen molar-refractivity contribution in [3.05, 3.63) is 32.7 Å². The van der Waals surface area contributed by atoms with Gasteiger partial charge in [0.2, 0.25) is 0 Å². The molecule has 0 atom stereocenters. The maximum absolute atomic E-state index is 12.1. The number of thiophene rings is 1. The van der Waals surface area contributed by atoms with E-state index in [0.29, 0.717) is 11.4 Å². The number of carbonyl (C=O) groups is 2. The van der Waals surface area contributed by atoms with E-state index in [2.05, 4.69) is 5.32 Å². The maximum atomic E-state index is 12.1. The normalized spacial score (nSPS) is 17.6. The first kappa shape index (κ1) is 14.3. The van der Waals surface area contributed by atoms with Crippen molar-refractivity contribution in [1.29, 1.82) is 0 Å². The Labute approximate surface area is 123 Å². The largest absolute Gasteiger partial charge is 0.324 e. The molecule has 7 nitrogen and oxygen atoms in total. The lowest BCUT2D eigenvalue weighted by Gasteiger charge is -2.27. The van der Waals surface area contributed by atoms with Gasteiger partial charge in [0.05, 0.1) is 4.92 Å². The van der Waals surface area contributed by atoms with Gasteiger partial charge in [-0.2, -0.15) is 0 Å². The average molecular weight is 311 g/mol. The van der Waals surface area contributed by atoms with E-state index in [1.165, 1.54) is 23.1 Å². The summed E-state index contributed by atoms with van der Waals surface area (Å²) in [4.78, 5) is 35.7. The predicted molar refractivity (Wildman–Crippen MR) is 77.1 cm³/mol. The molecule has 1 N–H and O–H groups in total. The molecule has 1 aromatic heterocycles. The van der Waals surface area contributed by atoms with Crippen LogP contribution in [0.3, 0.4) is 0 Å². The average Bonchev–Trinajstić information content (AvgIpc) is 2.83. The van der Waals surface area contributed by atoms with Crippen LogP contribution in [0.1, 0.15) is 11.8 Å². The second-order valence-electron chi connectivity index (χ2n) is 3.80. The molecule has 0 bridgehead atoms. The van der Waals surface area contributed by atoms with Gasteiger partial charge in [0.15, 0.2) is 5.11 Å². The van der Waals surface area contributed by atoms with Gasteiger partial charge in [0, 0.05) is 17.5 Å². The minimum atomic E-state index is -0.597. The molecule has 0 spiro atoms. The lowest BCUT2D eigenvalue weighted by molar-refractivity contribution is -0.380. The van der Waals surface area contributed by atoms with Crippen molar-refractivity contribution in [2.75, 3.05) is 6.54 Å². The van der Waals surface area contributed by atoms with Crippen molar-refractivity contribution in [3.8, 4) is 0 Å². The molecule has 2 rings (SSSR count). The third-order valence-corrected chi connectivity index (χ3v) is 3.89. The molecule has 1 aromatic rings. The van der Waals surface area contributed by atoms with E-state index >= 15 is 0 Å². The first-order valence-corrected chi connectivity index (χ1v) is 6.79. The van der Waals surface area contributed by atoms with Crippen molar-refractivity contribution < 1.29 is 14.5 Å². The number of likely N-dealkylation sites (N-methyl/N-ethyl adjacent to an activating group) is 1. The van der Waals surface area contributed by atoms with E-state index in [-0.39, 0.29) is 15.7 Å². The van der Waals surface area contributed by atoms with Crippen LogP contribution in [-0.4, -0.2) is 33.3 Å². The Morgan fingerprint density at radius 1 is 1.50 bits per heavy atom. The van der Waals surface area contributed by atoms with E-state index in [9.17, 15) is 19.7 Å². The van der Waals surface area contributed by atoms with Crippen molar-refractivity contribution >= 4 is 51.6 Å². The Kier molecular flexibility index (Phi) is 3.91. The smallest absolute Gasteiger partial charge is 0.298 e. The van der Waals surface area contributed by atoms with Gasteiger partial charge in [0.1, 0.15) is 5.57 Å². The van der Waals surface area contributed by atoms with Gasteiger partial charge in [-0.1, -0.05) is 11.3 Å². The summed E-state index contributed by atoms with van der Waals surface area (Å²) in [6.45, 7) is 2.06. The lowest BCUT2D eigenvalue weighted by atomic mass is 10.1. The van der Waals surface area contributed by atoms with Crippen LogP contribution < -0.4 is 5.32 Å². The van der Waals surface area contributed by atoms with E-state index in [0.717, 1.165) is 11.3 Å². The van der Waals surface area contributed by atoms with E-state index in [1.807, 2.05) is 0 Å². The summed E-state index contributed by atoms with van der Waals surface area (Å²) >= 11 is 5.78. The summed E-state index contributed by atoms with van der Waals surface area (Å²) in [5, 5.41) is 13.0. The molecule has 104 valence electrons. The van der Waals surface area contributed by atoms with Crippen molar-refractivity contribution in [2.24, 2.45) is 0 Å². The molecule has 1 saturated heterocycles. The Morgan fingerprint density at radius 2 is 2.20 bits per heavy atom. The molecule has 0 aliphatic carbocycles. The summed E-state index contributed by atoms with van der Waals surface area (Å²) < 4.78 is 0. The highest BCUT2D eigenvalue weighted by molar-refractivity contribution is 7.80. The highest BCUT2D eigenvalue weighted by Crippen LogP contribution is 2.26. The molecule has 2 amide bonds. The molecule has 0 aromatic carbocycles. The summed E-state index contributed by atoms with van der Waals surface area (Å²) in [6, 6.07) is 2.81. The first-order chi connectivity index (χ1) is 9.43. The topological polar surface area (TPSA) is 92.6 Å². The number of hydrogen-bond donors (Lipinski definition) is 1. The molecule has 9 heteroatoms. The van der Waals surface area contributed by atoms with Gasteiger partial charge in [-0.05, 0) is 31.3 Å². The van der Waals surface area contributed by atoms with Crippen molar-refractivity contribution in [2.45, 2.75) is 6.92 Å². The van der Waals surface area contributed by atoms with E-state index < -0.39 is 16.7 Å². The minimum absolute atomic E-state index is 0.0524. The third kappa shape index (κ3) is 2.58. The van der Waals surface area contributed by atoms with Crippen LogP contribution in [0.15, 0.2) is 17.7 Å². The first-order valence-electron chi connectivity index (χ1n) is 5.57. The summed E-state index contributed by atoms with van der Waals surface area (Å²) in [6.07, 6.45) is 1.33. The van der Waals surface area contributed by atoms with Crippen LogP contribution in [0.2, 0.25) is 0 Å². The highest BCUT2D eigenvalue weighted by atomic mass is 32.1. The summed E-state index contributed by atoms with van der Waals surface area (Å²) in [5.74, 6) is -1.10. The molecule has 1 aliphatic heterocycles. The lowest BCUT2D eigenvalue weighted by Crippen LogP contribution is -2.53. The standard InChI is InChI=1S/C11H9N3O4S2/c1-2-13-10(16)7(9(15)12-11(13)19)5-6-3-4-8(20-6)14(17)18/h3-5H,2H2,1H3,(H,12,15,19)/b7-5+. The monoisotopic (exact) mass is 311 g/mol. The molecular formula is C11H9N3O4S2. The van der Waals surface area contributed by atoms with Gasteiger partial charge in [-0.25, -0.2) is 0 Å². The summed E-state index contributed by atoms with van der Waals surface area (Å²) in [7, 11) is 0. The zero-order chi connectivity index (χ0) is 14.9. The molecule has 1 aliphatic rings. The molecular weight excluding hydrogens is 302 g/mol. The fraction of sp³-hybridized carbons (Fsp3) is 0.182. The summed E-state index contributed by atoms with van der Waals surface area (Å²) in [5.41, 5.74) is -0.0859. The molecule has 0 saturated carbocycles. The number of thiocarbonyl (C=S) groups is 1. The second-order valence-corrected chi connectivity index (χ2v) is 5.28. The number of rotatable bonds is 3. The number of hydrogen-bond acceptors (Lipinski definition) is 6. The Morgan fingerprint density at radius 3 is 2.75 bits per heavy atom. The van der Waals surface area contributed by atoms with Crippen LogP contribution in [0, 0.1) is 10.1 Å². The number of nitrogens with one attached hydrogen (secondary N) is 1. The predicted octanol–water partition coefficient (Wildman–Crippen LogP) is 1.30. The van der Waals surface area contributed by atoms with Gasteiger partial charge < -0.3 is 0 Å². The van der Waals surface area contributed by atoms with Gasteiger partial charge in [0.25, 0.3) is 11.8 Å². The van der Waals surface area contributed by atoms with Crippen LogP contribution in [0.5, 0.6) is 0 Å².